The van der Waals surface area contributed by atoms with E-state index in [1.165, 1.54) is 0 Å². The summed E-state index contributed by atoms with van der Waals surface area (Å²) in [5.74, 6) is 0. The van der Waals surface area contributed by atoms with E-state index >= 15 is 0 Å². The quantitative estimate of drug-likeness (QED) is 0.472. The lowest BCUT2D eigenvalue weighted by atomic mass is 10.4. The molecular weight excluding hydrogens is 154 g/mol. The van der Waals surface area contributed by atoms with Crippen LogP contribution in [0.3, 0.4) is 0 Å². The van der Waals surface area contributed by atoms with Gasteiger partial charge in [0.2, 0.25) is 0 Å². The molecule has 12 heavy (non-hydrogen) atoms. The van der Waals surface area contributed by atoms with Gasteiger partial charge >= 0.3 is 0 Å². The average Bonchev–Trinajstić information content (AvgIpc) is 2.14. The molecule has 4 heteroatoms. The van der Waals surface area contributed by atoms with Crippen LogP contribution in [-0.2, 0) is 4.84 Å². The van der Waals surface area contributed by atoms with Crippen LogP contribution in [0.5, 0.6) is 0 Å². The molecule has 1 heterocycles. The summed E-state index contributed by atoms with van der Waals surface area (Å²) >= 11 is 0. The molecular formula is C8H15N3O. The maximum atomic E-state index is 5.18. The van der Waals surface area contributed by atoms with E-state index in [1.807, 2.05) is 6.20 Å². The predicted molar refractivity (Wildman–Crippen MR) is 48.6 cm³/mol. The van der Waals surface area contributed by atoms with E-state index in [1.54, 1.807) is 6.34 Å². The van der Waals surface area contributed by atoms with Gasteiger partial charge in [-0.15, -0.1) is 0 Å². The summed E-state index contributed by atoms with van der Waals surface area (Å²) in [6.45, 7) is 3.55. The Balaban J connectivity index is 2.03. The van der Waals surface area contributed by atoms with Gasteiger partial charge in [-0.2, -0.15) is 0 Å². The highest BCUT2D eigenvalue weighted by molar-refractivity contribution is 5.57. The fourth-order valence-corrected chi connectivity index (χ4v) is 0.802. The molecule has 0 aromatic rings. The monoisotopic (exact) mass is 169 g/mol. The predicted octanol–water partition coefficient (Wildman–Crippen LogP) is 0.781. The Bertz CT molecular complexity index is 177. The van der Waals surface area contributed by atoms with Gasteiger partial charge in [0.25, 0.3) is 0 Å². The molecule has 0 unspecified atom stereocenters. The fourth-order valence-electron chi connectivity index (χ4n) is 0.802. The van der Waals surface area contributed by atoms with Crippen LogP contribution in [0.2, 0.25) is 0 Å². The Kier molecular flexibility index (Phi) is 4.23. The second kappa shape index (κ2) is 5.60. The van der Waals surface area contributed by atoms with Crippen molar-refractivity contribution >= 4 is 6.34 Å². The summed E-state index contributed by atoms with van der Waals surface area (Å²) in [7, 11) is 0. The molecule has 0 atom stereocenters. The summed E-state index contributed by atoms with van der Waals surface area (Å²) in [6, 6.07) is 0. The topological polar surface area (TPSA) is 45.6 Å². The van der Waals surface area contributed by atoms with Crippen LogP contribution >= 0.6 is 0 Å². The largest absolute Gasteiger partial charge is 0.351 e. The van der Waals surface area contributed by atoms with E-state index in [2.05, 4.69) is 22.7 Å². The van der Waals surface area contributed by atoms with E-state index in [4.69, 9.17) is 4.84 Å². The standard InChI is InChI=1S/C8H15N3O/c1-2-3-4-12-11-8-5-9-7-10-6-8/h5,7,11H,2-4,6H2,1H3,(H,9,10). The number of hydrogen-bond acceptors (Lipinski definition) is 4. The third kappa shape index (κ3) is 3.39. The molecule has 0 aromatic heterocycles. The summed E-state index contributed by atoms with van der Waals surface area (Å²) in [5.41, 5.74) is 3.81. The van der Waals surface area contributed by atoms with Crippen LogP contribution in [0.4, 0.5) is 0 Å². The second-order valence-electron chi connectivity index (χ2n) is 2.61. The average molecular weight is 169 g/mol. The van der Waals surface area contributed by atoms with Crippen molar-refractivity contribution in [2.45, 2.75) is 19.8 Å². The Morgan fingerprint density at radius 3 is 3.33 bits per heavy atom. The number of hydrogen-bond donors (Lipinski definition) is 2. The lowest BCUT2D eigenvalue weighted by Gasteiger charge is -2.11. The molecule has 0 aliphatic carbocycles. The second-order valence-corrected chi connectivity index (χ2v) is 2.61. The van der Waals surface area contributed by atoms with Crippen molar-refractivity contribution in [2.24, 2.45) is 4.99 Å². The molecule has 0 bridgehead atoms. The maximum Gasteiger partial charge on any atom is 0.0868 e. The number of hydroxylamine groups is 1. The normalized spacial score (nSPS) is 15.2. The number of nitrogens with one attached hydrogen (secondary N) is 2. The molecule has 0 aromatic carbocycles. The fraction of sp³-hybridized carbons (Fsp3) is 0.625. The van der Waals surface area contributed by atoms with Gasteiger partial charge in [-0.25, -0.2) is 0 Å². The first-order chi connectivity index (χ1) is 5.93. The van der Waals surface area contributed by atoms with Crippen molar-refractivity contribution in [1.82, 2.24) is 10.8 Å². The lowest BCUT2D eigenvalue weighted by molar-refractivity contribution is 0.0595. The van der Waals surface area contributed by atoms with Gasteiger partial charge in [0, 0.05) is 6.20 Å². The Morgan fingerprint density at radius 1 is 1.75 bits per heavy atom. The smallest absolute Gasteiger partial charge is 0.0868 e. The van der Waals surface area contributed by atoms with E-state index < -0.39 is 0 Å². The number of rotatable bonds is 5. The first kappa shape index (κ1) is 9.06. The minimum absolute atomic E-state index is 0.666. The molecule has 68 valence electrons. The number of unbranched alkanes of at least 4 members (excludes halogenated alkanes) is 1. The van der Waals surface area contributed by atoms with Gasteiger partial charge in [0.1, 0.15) is 0 Å². The molecule has 0 radical (unpaired) electrons. The molecule has 0 fully saturated rings. The first-order valence-electron chi connectivity index (χ1n) is 4.24. The number of nitrogens with zero attached hydrogens (tertiary/aromatic N) is 1. The van der Waals surface area contributed by atoms with Crippen molar-refractivity contribution in [3.8, 4) is 0 Å². The van der Waals surface area contributed by atoms with E-state index in [0.29, 0.717) is 6.54 Å². The van der Waals surface area contributed by atoms with E-state index in [-0.39, 0.29) is 0 Å². The molecule has 4 nitrogen and oxygen atoms in total. The minimum Gasteiger partial charge on any atom is -0.351 e. The third-order valence-electron chi connectivity index (χ3n) is 1.49. The molecule has 1 aliphatic heterocycles. The van der Waals surface area contributed by atoms with Crippen molar-refractivity contribution in [1.29, 1.82) is 0 Å². The molecule has 0 saturated heterocycles. The van der Waals surface area contributed by atoms with Crippen LogP contribution in [0.15, 0.2) is 16.9 Å². The highest BCUT2D eigenvalue weighted by Crippen LogP contribution is 1.93. The van der Waals surface area contributed by atoms with E-state index in [0.717, 1.165) is 25.1 Å². The van der Waals surface area contributed by atoms with Gasteiger partial charge in [0.15, 0.2) is 0 Å². The van der Waals surface area contributed by atoms with Crippen LogP contribution in [0.25, 0.3) is 0 Å². The van der Waals surface area contributed by atoms with Crippen molar-refractivity contribution in [3.63, 3.8) is 0 Å². The van der Waals surface area contributed by atoms with E-state index in [9.17, 15) is 0 Å². The van der Waals surface area contributed by atoms with Crippen LogP contribution in [0.1, 0.15) is 19.8 Å². The summed E-state index contributed by atoms with van der Waals surface area (Å²) in [4.78, 5) is 9.19. The highest BCUT2D eigenvalue weighted by atomic mass is 16.6. The van der Waals surface area contributed by atoms with Gasteiger partial charge in [-0.1, -0.05) is 13.3 Å². The zero-order valence-corrected chi connectivity index (χ0v) is 7.34. The van der Waals surface area contributed by atoms with Gasteiger partial charge in [-0.3, -0.25) is 15.3 Å². The Hall–Kier alpha value is -1.03. The molecule has 0 spiro atoms. The first-order valence-corrected chi connectivity index (χ1v) is 4.24. The zero-order chi connectivity index (χ0) is 8.65. The van der Waals surface area contributed by atoms with Crippen molar-refractivity contribution < 1.29 is 4.84 Å². The summed E-state index contributed by atoms with van der Waals surface area (Å²) in [5, 5.41) is 2.88. The number of aliphatic imine (C=N–C) groups is 1. The Labute approximate surface area is 72.7 Å². The van der Waals surface area contributed by atoms with Crippen molar-refractivity contribution in [3.05, 3.63) is 11.9 Å². The molecule has 1 rings (SSSR count). The molecule has 0 amide bonds. The minimum atomic E-state index is 0.666. The summed E-state index contributed by atoms with van der Waals surface area (Å²) < 4.78 is 0. The highest BCUT2D eigenvalue weighted by Gasteiger charge is 1.97. The van der Waals surface area contributed by atoms with Crippen LogP contribution < -0.4 is 10.8 Å². The summed E-state index contributed by atoms with van der Waals surface area (Å²) in [6.07, 6.45) is 5.74. The zero-order valence-electron chi connectivity index (χ0n) is 7.34. The van der Waals surface area contributed by atoms with Crippen LogP contribution in [0, 0.1) is 0 Å². The van der Waals surface area contributed by atoms with Crippen LogP contribution in [-0.4, -0.2) is 19.5 Å². The van der Waals surface area contributed by atoms with Gasteiger partial charge < -0.3 is 5.32 Å². The maximum absolute atomic E-state index is 5.18. The molecule has 2 N–H and O–H groups in total. The van der Waals surface area contributed by atoms with Crippen molar-refractivity contribution in [2.75, 3.05) is 13.2 Å². The molecule has 0 saturated carbocycles. The lowest BCUT2D eigenvalue weighted by Crippen LogP contribution is -2.22. The Morgan fingerprint density at radius 2 is 2.67 bits per heavy atom. The molecule has 1 aliphatic rings. The van der Waals surface area contributed by atoms with Gasteiger partial charge in [0.05, 0.1) is 25.2 Å². The SMILES string of the molecule is CCCCONC1=CNC=NC1. The third-order valence-corrected chi connectivity index (χ3v) is 1.49. The van der Waals surface area contributed by atoms with Gasteiger partial charge in [-0.05, 0) is 6.42 Å².